The zero-order valence-corrected chi connectivity index (χ0v) is 35.3. The van der Waals surface area contributed by atoms with Crippen LogP contribution in [-0.2, 0) is 31.9 Å². The fourth-order valence-electron chi connectivity index (χ4n) is 6.67. The van der Waals surface area contributed by atoms with Crippen LogP contribution in [-0.4, -0.2) is 27.6 Å². The number of benzene rings is 3. The number of para-hydroxylation sites is 2. The molecule has 5 nitrogen and oxygen atoms in total. The molecule has 0 bridgehead atoms. The van der Waals surface area contributed by atoms with Crippen LogP contribution in [0.3, 0.4) is 0 Å². The number of imidazole rings is 1. The third-order valence-electron chi connectivity index (χ3n) is 9.12. The van der Waals surface area contributed by atoms with Crippen LogP contribution >= 0.6 is 0 Å². The van der Waals surface area contributed by atoms with E-state index in [0.717, 1.165) is 67.7 Å². The maximum atomic E-state index is 6.39. The predicted octanol–water partition coefficient (Wildman–Crippen LogP) is 11.3. The van der Waals surface area contributed by atoms with Gasteiger partial charge in [-0.2, -0.15) is 0 Å². The van der Waals surface area contributed by atoms with Gasteiger partial charge < -0.3 is 14.0 Å². The summed E-state index contributed by atoms with van der Waals surface area (Å²) in [4.78, 5) is 14.5. The Balaban J connectivity index is 0.000000211. The van der Waals surface area contributed by atoms with Gasteiger partial charge in [0.15, 0.2) is 0 Å². The Morgan fingerprint density at radius 1 is 0.902 bits per heavy atom. The molecule has 1 radical (unpaired) electrons. The van der Waals surface area contributed by atoms with Gasteiger partial charge in [-0.1, -0.05) is 95.9 Å². The molecular formula is C44H50IrN4OSi-2. The summed E-state index contributed by atoms with van der Waals surface area (Å²) in [7, 11) is -1.34. The molecule has 7 heteroatoms. The molecule has 51 heavy (non-hydrogen) atoms. The van der Waals surface area contributed by atoms with E-state index in [4.69, 9.17) is 14.4 Å². The molecule has 267 valence electrons. The second kappa shape index (κ2) is 15.0. The Kier molecular flexibility index (Phi) is 11.3. The number of nitrogens with zero attached hydrogens (tertiary/aromatic N) is 4. The molecule has 0 fully saturated rings. The molecule has 0 saturated heterocycles. The van der Waals surface area contributed by atoms with E-state index in [1.54, 1.807) is 0 Å². The van der Waals surface area contributed by atoms with Crippen molar-refractivity contribution in [2.24, 2.45) is 5.92 Å². The van der Waals surface area contributed by atoms with Crippen LogP contribution in [0.2, 0.25) is 19.6 Å². The minimum atomic E-state index is -1.34. The maximum Gasteiger partial charge on any atom is 0.216 e. The van der Waals surface area contributed by atoms with E-state index in [9.17, 15) is 0 Å². The SMILES string of the molecule is CC(C)Cc1cc(-c2[c-]cccc2)ncc1[Si](C)(C)C.Cc1c[c-]c(-c2nc3ccccc3n2C(C)C)c2oc3nc(C(C)(C)C)ccc3c12.[Ir]. The molecular weight excluding hydrogens is 821 g/mol. The van der Waals surface area contributed by atoms with Crippen molar-refractivity contribution in [1.29, 1.82) is 0 Å². The van der Waals surface area contributed by atoms with Gasteiger partial charge in [0.1, 0.15) is 0 Å². The molecule has 0 spiro atoms. The van der Waals surface area contributed by atoms with Gasteiger partial charge in [0.05, 0.1) is 30.5 Å². The van der Waals surface area contributed by atoms with Gasteiger partial charge in [0.25, 0.3) is 0 Å². The summed E-state index contributed by atoms with van der Waals surface area (Å²) >= 11 is 0. The molecule has 0 atom stereocenters. The van der Waals surface area contributed by atoms with Gasteiger partial charge in [0.2, 0.25) is 5.71 Å². The second-order valence-corrected chi connectivity index (χ2v) is 21.2. The minimum absolute atomic E-state index is 0. The summed E-state index contributed by atoms with van der Waals surface area (Å²) in [6.07, 6.45) is 3.24. The molecule has 3 aromatic carbocycles. The average Bonchev–Trinajstić information content (AvgIpc) is 3.64. The van der Waals surface area contributed by atoms with Crippen LogP contribution < -0.4 is 5.19 Å². The molecule has 0 aliphatic heterocycles. The fourth-order valence-corrected chi connectivity index (χ4v) is 8.26. The number of furan rings is 1. The molecule has 4 aromatic heterocycles. The molecule has 0 aliphatic carbocycles. The Labute approximate surface area is 318 Å². The van der Waals surface area contributed by atoms with E-state index >= 15 is 0 Å². The first-order chi connectivity index (χ1) is 23.6. The first kappa shape index (κ1) is 38.3. The number of aromatic nitrogens is 4. The predicted molar refractivity (Wildman–Crippen MR) is 213 cm³/mol. The van der Waals surface area contributed by atoms with E-state index in [-0.39, 0.29) is 31.6 Å². The van der Waals surface area contributed by atoms with Gasteiger partial charge >= 0.3 is 0 Å². The third-order valence-corrected chi connectivity index (χ3v) is 11.2. The van der Waals surface area contributed by atoms with Crippen molar-refractivity contribution < 1.29 is 24.5 Å². The van der Waals surface area contributed by atoms with Crippen LogP contribution in [0.15, 0.2) is 83.4 Å². The van der Waals surface area contributed by atoms with Crippen molar-refractivity contribution in [3.63, 3.8) is 0 Å². The summed E-state index contributed by atoms with van der Waals surface area (Å²) in [5.41, 5.74) is 10.2. The normalized spacial score (nSPS) is 12.1. The topological polar surface area (TPSA) is 56.7 Å². The first-order valence-electron chi connectivity index (χ1n) is 17.8. The van der Waals surface area contributed by atoms with E-state index in [0.29, 0.717) is 11.6 Å². The maximum absolute atomic E-state index is 6.39. The number of fused-ring (bicyclic) bond motifs is 4. The smallest absolute Gasteiger partial charge is 0.216 e. The number of hydrogen-bond acceptors (Lipinski definition) is 4. The Morgan fingerprint density at radius 3 is 2.27 bits per heavy atom. The summed E-state index contributed by atoms with van der Waals surface area (Å²) in [6, 6.07) is 31.9. The zero-order chi connectivity index (χ0) is 36.0. The second-order valence-electron chi connectivity index (χ2n) is 16.2. The molecule has 7 rings (SSSR count). The van der Waals surface area contributed by atoms with E-state index in [2.05, 4.69) is 145 Å². The summed E-state index contributed by atoms with van der Waals surface area (Å²) < 4.78 is 8.65. The van der Waals surface area contributed by atoms with Gasteiger partial charge in [0, 0.05) is 48.8 Å². The van der Waals surface area contributed by atoms with E-state index < -0.39 is 8.07 Å². The Hall–Kier alpha value is -3.90. The third kappa shape index (κ3) is 7.96. The van der Waals surface area contributed by atoms with E-state index in [1.165, 1.54) is 10.8 Å². The largest absolute Gasteiger partial charge is 0.486 e. The number of aryl methyl sites for hydroxylation is 1. The van der Waals surface area contributed by atoms with Gasteiger partial charge in [-0.05, 0) is 61.3 Å². The molecule has 0 unspecified atom stereocenters. The Bertz CT molecular complexity index is 2290. The van der Waals surface area contributed by atoms with E-state index in [1.807, 2.05) is 30.3 Å². The molecule has 4 heterocycles. The molecule has 7 aromatic rings. The first-order valence-corrected chi connectivity index (χ1v) is 21.3. The summed E-state index contributed by atoms with van der Waals surface area (Å²) in [5.74, 6) is 1.55. The van der Waals surface area contributed by atoms with Gasteiger partial charge in [-0.3, -0.25) is 4.98 Å². The minimum Gasteiger partial charge on any atom is -0.486 e. The molecule has 0 aliphatic rings. The van der Waals surface area contributed by atoms with Crippen LogP contribution in [0, 0.1) is 25.0 Å². The van der Waals surface area contributed by atoms with Gasteiger partial charge in [-0.15, -0.1) is 53.6 Å². The van der Waals surface area contributed by atoms with Crippen LogP contribution in [0.1, 0.15) is 71.3 Å². The molecule has 0 amide bonds. The average molecular weight is 871 g/mol. The van der Waals surface area contributed by atoms with Gasteiger partial charge in [-0.25, -0.2) is 4.98 Å². The van der Waals surface area contributed by atoms with Crippen molar-refractivity contribution in [2.75, 3.05) is 0 Å². The monoisotopic (exact) mass is 871 g/mol. The van der Waals surface area contributed by atoms with Crippen LogP contribution in [0.4, 0.5) is 0 Å². The standard InChI is InChI=1S/C26H26N3O.C18H24NSi.Ir/c1-15(2)29-20-10-8-7-9-19(20)27-24(29)18-12-11-16(3)22-17-13-14-21(26(4,5)6)28-25(17)30-23(18)22;1-14(2)11-16-12-17(15-9-7-6-8-10-15)19-13-18(16)20(3,4)5;/h7-11,13-15H,1-6H3;6-9,12-14H,11H2,1-5H3;/q2*-1;. The summed E-state index contributed by atoms with van der Waals surface area (Å²) in [5, 5.41) is 3.62. The Morgan fingerprint density at radius 2 is 1.63 bits per heavy atom. The van der Waals surface area contributed by atoms with Crippen molar-refractivity contribution in [3.05, 3.63) is 108 Å². The number of hydrogen-bond donors (Lipinski definition) is 0. The number of pyridine rings is 2. The van der Waals surface area contributed by atoms with Crippen LogP contribution in [0.25, 0.3) is 55.7 Å². The fraction of sp³-hybridized carbons (Fsp3) is 0.341. The zero-order valence-electron chi connectivity index (χ0n) is 31.9. The quantitative estimate of drug-likeness (QED) is 0.123. The van der Waals surface area contributed by atoms with Crippen molar-refractivity contribution in [2.45, 2.75) is 92.9 Å². The number of rotatable bonds is 6. The van der Waals surface area contributed by atoms with Crippen molar-refractivity contribution in [1.82, 2.24) is 19.5 Å². The molecule has 0 saturated carbocycles. The molecule has 0 N–H and O–H groups in total. The summed E-state index contributed by atoms with van der Waals surface area (Å²) in [6.45, 7) is 24.7. The van der Waals surface area contributed by atoms with Crippen molar-refractivity contribution in [3.8, 4) is 22.6 Å². The van der Waals surface area contributed by atoms with Crippen molar-refractivity contribution >= 4 is 46.4 Å². The van der Waals surface area contributed by atoms with Crippen LogP contribution in [0.5, 0.6) is 0 Å².